The van der Waals surface area contributed by atoms with E-state index in [0.29, 0.717) is 9.55 Å². The Morgan fingerprint density at radius 3 is 2.79 bits per heavy atom. The zero-order valence-corrected chi connectivity index (χ0v) is 12.6. The molecule has 0 radical (unpaired) electrons. The van der Waals surface area contributed by atoms with E-state index in [1.165, 1.54) is 11.3 Å². The lowest BCUT2D eigenvalue weighted by Crippen LogP contribution is -2.33. The fourth-order valence-corrected chi connectivity index (χ4v) is 2.58. The van der Waals surface area contributed by atoms with Crippen molar-refractivity contribution in [1.29, 1.82) is 0 Å². The Kier molecular flexibility index (Phi) is 4.55. The summed E-state index contributed by atoms with van der Waals surface area (Å²) in [5.41, 5.74) is 0. The molecule has 2 aromatic heterocycles. The predicted molar refractivity (Wildman–Crippen MR) is 76.6 cm³/mol. The van der Waals surface area contributed by atoms with Gasteiger partial charge in [0.1, 0.15) is 0 Å². The highest BCUT2D eigenvalue weighted by molar-refractivity contribution is 9.10. The fourth-order valence-electron chi connectivity index (χ4n) is 1.60. The van der Waals surface area contributed by atoms with Gasteiger partial charge in [-0.2, -0.15) is 0 Å². The van der Waals surface area contributed by atoms with Crippen LogP contribution in [0.15, 0.2) is 38.7 Å². The predicted octanol–water partition coefficient (Wildman–Crippen LogP) is 3.49. The summed E-state index contributed by atoms with van der Waals surface area (Å²) in [5.74, 6) is -0.0668. The van der Waals surface area contributed by atoms with E-state index in [9.17, 15) is 9.59 Å². The van der Waals surface area contributed by atoms with Gasteiger partial charge in [-0.05, 0) is 46.4 Å². The molecule has 100 valence electrons. The molecule has 1 atom stereocenters. The summed E-state index contributed by atoms with van der Waals surface area (Å²) in [6.07, 6.45) is 0.272. The van der Waals surface area contributed by atoms with Crippen LogP contribution in [0, 0.1) is 0 Å². The standard InChI is InChI=1S/C13H12BrNO3S/c1-8(7-9(16)11-3-2-6-19-11)15-13(17)10-4-5-12(14)18-10/h2-6,8H,7H2,1H3,(H,15,17)/t8-/m0/s1. The van der Waals surface area contributed by atoms with Gasteiger partial charge in [-0.15, -0.1) is 11.3 Å². The Bertz CT molecular complexity index is 576. The molecule has 0 unspecified atom stereocenters. The third-order valence-corrected chi connectivity index (χ3v) is 3.80. The normalized spacial score (nSPS) is 12.1. The number of hydrogen-bond donors (Lipinski definition) is 1. The molecule has 0 aliphatic carbocycles. The Hall–Kier alpha value is -1.40. The highest BCUT2D eigenvalue weighted by Gasteiger charge is 2.17. The van der Waals surface area contributed by atoms with Gasteiger partial charge in [0.15, 0.2) is 16.2 Å². The van der Waals surface area contributed by atoms with Crippen LogP contribution in [0.2, 0.25) is 0 Å². The van der Waals surface area contributed by atoms with Gasteiger partial charge >= 0.3 is 0 Å². The van der Waals surface area contributed by atoms with Gasteiger partial charge in [0, 0.05) is 12.5 Å². The molecule has 0 spiro atoms. The maximum Gasteiger partial charge on any atom is 0.287 e. The van der Waals surface area contributed by atoms with Gasteiger partial charge in [-0.3, -0.25) is 9.59 Å². The van der Waals surface area contributed by atoms with Crippen molar-refractivity contribution < 1.29 is 14.0 Å². The number of furan rings is 1. The summed E-state index contributed by atoms with van der Waals surface area (Å²) >= 11 is 4.54. The van der Waals surface area contributed by atoms with Crippen LogP contribution in [0.4, 0.5) is 0 Å². The molecule has 6 heteroatoms. The molecule has 4 nitrogen and oxygen atoms in total. The molecular weight excluding hydrogens is 330 g/mol. The number of Topliss-reactive ketones (excluding diaryl/α,β-unsaturated/α-hetero) is 1. The third-order valence-electron chi connectivity index (χ3n) is 2.46. The Labute approximate surface area is 122 Å². The van der Waals surface area contributed by atoms with Crippen LogP contribution in [0.3, 0.4) is 0 Å². The minimum atomic E-state index is -0.322. The van der Waals surface area contributed by atoms with E-state index in [1.54, 1.807) is 25.1 Å². The molecule has 0 aliphatic heterocycles. The van der Waals surface area contributed by atoms with Crippen molar-refractivity contribution in [2.75, 3.05) is 0 Å². The largest absolute Gasteiger partial charge is 0.444 e. The van der Waals surface area contributed by atoms with Crippen molar-refractivity contribution in [3.8, 4) is 0 Å². The summed E-state index contributed by atoms with van der Waals surface area (Å²) < 4.78 is 5.65. The quantitative estimate of drug-likeness (QED) is 0.846. The number of amides is 1. The molecule has 19 heavy (non-hydrogen) atoms. The average molecular weight is 342 g/mol. The van der Waals surface area contributed by atoms with Crippen LogP contribution in [0.5, 0.6) is 0 Å². The average Bonchev–Trinajstić information content (AvgIpc) is 2.98. The Morgan fingerprint density at radius 1 is 1.42 bits per heavy atom. The van der Waals surface area contributed by atoms with Gasteiger partial charge in [-0.1, -0.05) is 6.07 Å². The molecule has 0 fully saturated rings. The first kappa shape index (κ1) is 14.0. The van der Waals surface area contributed by atoms with Crippen LogP contribution in [0.1, 0.15) is 33.6 Å². The lowest BCUT2D eigenvalue weighted by molar-refractivity contribution is 0.0895. The highest BCUT2D eigenvalue weighted by atomic mass is 79.9. The van der Waals surface area contributed by atoms with E-state index in [2.05, 4.69) is 21.2 Å². The summed E-state index contributed by atoms with van der Waals surface area (Å²) in [7, 11) is 0. The number of carbonyl (C=O) groups is 2. The van der Waals surface area contributed by atoms with E-state index in [-0.39, 0.29) is 29.9 Å². The van der Waals surface area contributed by atoms with Crippen LogP contribution in [0.25, 0.3) is 0 Å². The highest BCUT2D eigenvalue weighted by Crippen LogP contribution is 2.15. The maximum absolute atomic E-state index is 11.9. The first-order valence-corrected chi connectivity index (χ1v) is 7.36. The first-order valence-electron chi connectivity index (χ1n) is 5.69. The van der Waals surface area contributed by atoms with E-state index < -0.39 is 0 Å². The lowest BCUT2D eigenvalue weighted by atomic mass is 10.1. The third kappa shape index (κ3) is 3.78. The Balaban J connectivity index is 1.89. The fraction of sp³-hybridized carbons (Fsp3) is 0.231. The van der Waals surface area contributed by atoms with E-state index in [1.807, 2.05) is 11.4 Å². The minimum absolute atomic E-state index is 0.0309. The molecule has 2 rings (SSSR count). The summed E-state index contributed by atoms with van der Waals surface area (Å²) in [4.78, 5) is 24.4. The van der Waals surface area contributed by atoms with Gasteiger partial charge in [0.25, 0.3) is 5.91 Å². The molecule has 2 aromatic rings. The molecule has 0 saturated carbocycles. The zero-order chi connectivity index (χ0) is 13.8. The zero-order valence-electron chi connectivity index (χ0n) is 10.2. The van der Waals surface area contributed by atoms with Crippen LogP contribution >= 0.6 is 27.3 Å². The minimum Gasteiger partial charge on any atom is -0.444 e. The summed E-state index contributed by atoms with van der Waals surface area (Å²) in [6, 6.07) is 6.60. The van der Waals surface area contributed by atoms with Crippen LogP contribution in [-0.2, 0) is 0 Å². The Morgan fingerprint density at radius 2 is 2.21 bits per heavy atom. The molecule has 2 heterocycles. The van der Waals surface area contributed by atoms with Crippen molar-refractivity contribution in [2.24, 2.45) is 0 Å². The van der Waals surface area contributed by atoms with Crippen molar-refractivity contribution in [1.82, 2.24) is 5.32 Å². The number of rotatable bonds is 5. The number of halogens is 1. The molecule has 0 bridgehead atoms. The van der Waals surface area contributed by atoms with Gasteiger partial charge in [0.05, 0.1) is 4.88 Å². The van der Waals surface area contributed by atoms with Crippen molar-refractivity contribution in [3.63, 3.8) is 0 Å². The molecule has 0 saturated heterocycles. The smallest absolute Gasteiger partial charge is 0.287 e. The molecule has 1 N–H and O–H groups in total. The molecular formula is C13H12BrNO3S. The SMILES string of the molecule is C[C@@H](CC(=O)c1cccs1)NC(=O)c1ccc(Br)o1. The molecule has 0 aliphatic rings. The topological polar surface area (TPSA) is 59.3 Å². The second-order valence-electron chi connectivity index (χ2n) is 4.08. The molecule has 1 amide bonds. The van der Waals surface area contributed by atoms with Crippen LogP contribution < -0.4 is 5.32 Å². The van der Waals surface area contributed by atoms with Crippen molar-refractivity contribution >= 4 is 39.0 Å². The van der Waals surface area contributed by atoms with Crippen molar-refractivity contribution in [3.05, 3.63) is 45.0 Å². The van der Waals surface area contributed by atoms with Gasteiger partial charge in [0.2, 0.25) is 0 Å². The van der Waals surface area contributed by atoms with Crippen LogP contribution in [-0.4, -0.2) is 17.7 Å². The maximum atomic E-state index is 11.9. The molecule has 0 aromatic carbocycles. The lowest BCUT2D eigenvalue weighted by Gasteiger charge is -2.11. The van der Waals surface area contributed by atoms with E-state index in [0.717, 1.165) is 0 Å². The monoisotopic (exact) mass is 341 g/mol. The van der Waals surface area contributed by atoms with Gasteiger partial charge in [-0.25, -0.2) is 0 Å². The first-order chi connectivity index (χ1) is 9.06. The number of carbonyl (C=O) groups excluding carboxylic acids is 2. The second kappa shape index (κ2) is 6.16. The summed E-state index contributed by atoms with van der Waals surface area (Å²) in [6.45, 7) is 1.79. The number of nitrogens with one attached hydrogen (secondary N) is 1. The van der Waals surface area contributed by atoms with E-state index >= 15 is 0 Å². The number of thiophene rings is 1. The number of hydrogen-bond acceptors (Lipinski definition) is 4. The number of ketones is 1. The van der Waals surface area contributed by atoms with Gasteiger partial charge < -0.3 is 9.73 Å². The summed E-state index contributed by atoms with van der Waals surface area (Å²) in [5, 5.41) is 4.59. The van der Waals surface area contributed by atoms with E-state index in [4.69, 9.17) is 4.42 Å². The second-order valence-corrected chi connectivity index (χ2v) is 5.81. The van der Waals surface area contributed by atoms with Crippen molar-refractivity contribution in [2.45, 2.75) is 19.4 Å².